The lowest BCUT2D eigenvalue weighted by Gasteiger charge is -2.32. The van der Waals surface area contributed by atoms with E-state index in [1.54, 1.807) is 0 Å². The number of allylic oxidation sites excluding steroid dienone is 1. The largest absolute Gasteiger partial charge is 0.353 e. The summed E-state index contributed by atoms with van der Waals surface area (Å²) in [6.45, 7) is 0.668. The van der Waals surface area contributed by atoms with Gasteiger partial charge in [-0.15, -0.1) is 0 Å². The van der Waals surface area contributed by atoms with E-state index in [0.29, 0.717) is 6.61 Å². The number of hydrogen-bond acceptors (Lipinski definition) is 3. The van der Waals surface area contributed by atoms with Crippen molar-refractivity contribution in [2.75, 3.05) is 6.61 Å². The van der Waals surface area contributed by atoms with Gasteiger partial charge in [-0.05, 0) is 30.9 Å². The standard InChI is InChI=1S/C18H18ClNO2/c19-13-7-2-6-12-18(15-20,16-9-3-1-4-10-16)22-17-11-5-8-14-21-17/h1,3-4,7,9-10,13,17H,5,8,11-12,14H2/b13-7-. The van der Waals surface area contributed by atoms with Crippen molar-refractivity contribution >= 4 is 11.6 Å². The van der Waals surface area contributed by atoms with Gasteiger partial charge in [0.05, 0.1) is 6.42 Å². The summed E-state index contributed by atoms with van der Waals surface area (Å²) in [5.74, 6) is 5.74. The fraction of sp³-hybridized carbons (Fsp3) is 0.389. The van der Waals surface area contributed by atoms with E-state index >= 15 is 0 Å². The van der Waals surface area contributed by atoms with E-state index in [0.717, 1.165) is 24.8 Å². The molecule has 3 nitrogen and oxygen atoms in total. The van der Waals surface area contributed by atoms with Gasteiger partial charge in [0.25, 0.3) is 0 Å². The Bertz CT molecular complexity index is 591. The molecule has 0 radical (unpaired) electrons. The van der Waals surface area contributed by atoms with Crippen LogP contribution >= 0.6 is 11.6 Å². The molecule has 2 unspecified atom stereocenters. The molecule has 0 bridgehead atoms. The van der Waals surface area contributed by atoms with Gasteiger partial charge in [0.1, 0.15) is 6.07 Å². The molecule has 0 aliphatic carbocycles. The molecule has 1 aromatic carbocycles. The number of halogens is 1. The second-order valence-electron chi connectivity index (χ2n) is 5.01. The summed E-state index contributed by atoms with van der Waals surface area (Å²) < 4.78 is 11.7. The zero-order valence-electron chi connectivity index (χ0n) is 12.3. The Balaban J connectivity index is 2.25. The molecule has 1 aliphatic rings. The Kier molecular flexibility index (Phi) is 6.49. The van der Waals surface area contributed by atoms with Gasteiger partial charge >= 0.3 is 0 Å². The smallest absolute Gasteiger partial charge is 0.193 e. The summed E-state index contributed by atoms with van der Waals surface area (Å²) in [5, 5.41) is 9.77. The van der Waals surface area contributed by atoms with Crippen molar-refractivity contribution in [2.24, 2.45) is 0 Å². The van der Waals surface area contributed by atoms with E-state index in [1.165, 1.54) is 11.6 Å². The molecule has 1 aliphatic heterocycles. The molecule has 0 N–H and O–H groups in total. The third-order valence-electron chi connectivity index (χ3n) is 3.48. The molecular formula is C18H18ClNO2. The van der Waals surface area contributed by atoms with Crippen LogP contribution in [0.5, 0.6) is 0 Å². The summed E-state index contributed by atoms with van der Waals surface area (Å²) in [5.41, 5.74) is 1.00. The predicted octanol–water partition coefficient (Wildman–Crippen LogP) is 4.09. The lowest BCUT2D eigenvalue weighted by atomic mass is 9.91. The minimum atomic E-state index is -1.13. The van der Waals surface area contributed by atoms with E-state index in [1.807, 2.05) is 30.3 Å². The van der Waals surface area contributed by atoms with Gasteiger partial charge in [0, 0.05) is 12.1 Å². The van der Waals surface area contributed by atoms with Crippen molar-refractivity contribution in [3.63, 3.8) is 0 Å². The second kappa shape index (κ2) is 8.61. The maximum atomic E-state index is 9.77. The van der Waals surface area contributed by atoms with Crippen LogP contribution in [-0.4, -0.2) is 12.9 Å². The van der Waals surface area contributed by atoms with E-state index in [-0.39, 0.29) is 12.7 Å². The number of benzene rings is 1. The van der Waals surface area contributed by atoms with E-state index < -0.39 is 5.60 Å². The summed E-state index contributed by atoms with van der Waals surface area (Å²) in [4.78, 5) is 0. The highest BCUT2D eigenvalue weighted by molar-refractivity contribution is 6.25. The van der Waals surface area contributed by atoms with Crippen molar-refractivity contribution in [3.8, 4) is 17.9 Å². The average Bonchev–Trinajstić information content (AvgIpc) is 2.59. The molecule has 22 heavy (non-hydrogen) atoms. The molecule has 1 aromatic rings. The van der Waals surface area contributed by atoms with Crippen molar-refractivity contribution in [2.45, 2.75) is 37.6 Å². The summed E-state index contributed by atoms with van der Waals surface area (Å²) in [6.07, 6.45) is 4.30. The van der Waals surface area contributed by atoms with Gasteiger partial charge in [-0.25, -0.2) is 0 Å². The minimum Gasteiger partial charge on any atom is -0.353 e. The molecule has 0 saturated carbocycles. The summed E-state index contributed by atoms with van der Waals surface area (Å²) in [6, 6.07) is 11.7. The molecule has 1 heterocycles. The van der Waals surface area contributed by atoms with Gasteiger partial charge in [-0.3, -0.25) is 0 Å². The van der Waals surface area contributed by atoms with Crippen LogP contribution in [0, 0.1) is 23.2 Å². The molecule has 4 heteroatoms. The lowest BCUT2D eigenvalue weighted by molar-refractivity contribution is -0.211. The maximum absolute atomic E-state index is 9.77. The molecule has 1 saturated heterocycles. The number of nitriles is 1. The van der Waals surface area contributed by atoms with Gasteiger partial charge in [0.15, 0.2) is 11.9 Å². The topological polar surface area (TPSA) is 42.2 Å². The SMILES string of the molecule is N#CC(CC#C/C=C\Cl)(OC1CCCCO1)c1ccccc1. The first-order chi connectivity index (χ1) is 10.8. The van der Waals surface area contributed by atoms with Crippen molar-refractivity contribution < 1.29 is 9.47 Å². The number of nitrogens with zero attached hydrogens (tertiary/aromatic N) is 1. The second-order valence-corrected chi connectivity index (χ2v) is 5.26. The van der Waals surface area contributed by atoms with Crippen LogP contribution in [0.3, 0.4) is 0 Å². The Morgan fingerprint density at radius 1 is 1.36 bits per heavy atom. The maximum Gasteiger partial charge on any atom is 0.193 e. The molecular weight excluding hydrogens is 298 g/mol. The van der Waals surface area contributed by atoms with Crippen LogP contribution in [0.25, 0.3) is 0 Å². The summed E-state index contributed by atoms with van der Waals surface area (Å²) in [7, 11) is 0. The summed E-state index contributed by atoms with van der Waals surface area (Å²) >= 11 is 5.46. The first kappa shape index (κ1) is 16.6. The fourth-order valence-corrected chi connectivity index (χ4v) is 2.41. The molecule has 2 rings (SSSR count). The Labute approximate surface area is 136 Å². The Hall–Kier alpha value is -1.78. The Morgan fingerprint density at radius 3 is 2.82 bits per heavy atom. The van der Waals surface area contributed by atoms with Crippen molar-refractivity contribution in [1.29, 1.82) is 5.26 Å². The zero-order chi connectivity index (χ0) is 15.7. The van der Waals surface area contributed by atoms with Crippen LogP contribution in [0.15, 0.2) is 41.9 Å². The predicted molar refractivity (Wildman–Crippen MR) is 85.8 cm³/mol. The molecule has 2 atom stereocenters. The highest BCUT2D eigenvalue weighted by atomic mass is 35.5. The average molecular weight is 316 g/mol. The quantitative estimate of drug-likeness (QED) is 0.786. The van der Waals surface area contributed by atoms with Gasteiger partial charge < -0.3 is 9.47 Å². The molecule has 0 amide bonds. The highest BCUT2D eigenvalue weighted by Crippen LogP contribution is 2.32. The molecule has 114 valence electrons. The minimum absolute atomic E-state index is 0.259. The first-order valence-electron chi connectivity index (χ1n) is 7.30. The van der Waals surface area contributed by atoms with Crippen LogP contribution in [0.4, 0.5) is 0 Å². The molecule has 0 spiro atoms. The van der Waals surface area contributed by atoms with Crippen LogP contribution in [0.1, 0.15) is 31.2 Å². The van der Waals surface area contributed by atoms with E-state index in [2.05, 4.69) is 17.9 Å². The molecule has 0 aromatic heterocycles. The van der Waals surface area contributed by atoms with Crippen molar-refractivity contribution in [1.82, 2.24) is 0 Å². The highest BCUT2D eigenvalue weighted by Gasteiger charge is 2.36. The lowest BCUT2D eigenvalue weighted by Crippen LogP contribution is -2.35. The third kappa shape index (κ3) is 4.36. The Morgan fingerprint density at radius 2 is 2.18 bits per heavy atom. The van der Waals surface area contributed by atoms with E-state index in [9.17, 15) is 5.26 Å². The van der Waals surface area contributed by atoms with Gasteiger partial charge in [-0.1, -0.05) is 53.8 Å². The zero-order valence-corrected chi connectivity index (χ0v) is 13.1. The van der Waals surface area contributed by atoms with Crippen LogP contribution < -0.4 is 0 Å². The van der Waals surface area contributed by atoms with Crippen LogP contribution in [-0.2, 0) is 15.1 Å². The van der Waals surface area contributed by atoms with Gasteiger partial charge in [0.2, 0.25) is 0 Å². The fourth-order valence-electron chi connectivity index (χ4n) is 2.34. The van der Waals surface area contributed by atoms with Crippen molar-refractivity contribution in [3.05, 3.63) is 47.5 Å². The van der Waals surface area contributed by atoms with E-state index in [4.69, 9.17) is 21.1 Å². The first-order valence-corrected chi connectivity index (χ1v) is 7.74. The normalized spacial score (nSPS) is 20.6. The monoisotopic (exact) mass is 315 g/mol. The van der Waals surface area contributed by atoms with Crippen LogP contribution in [0.2, 0.25) is 0 Å². The number of rotatable bonds is 4. The van der Waals surface area contributed by atoms with Gasteiger partial charge in [-0.2, -0.15) is 5.26 Å². The third-order valence-corrected chi connectivity index (χ3v) is 3.60. The molecule has 1 fully saturated rings. The number of hydrogen-bond donors (Lipinski definition) is 0. The number of ether oxygens (including phenoxy) is 2.